The molecule has 0 aliphatic heterocycles. The highest BCUT2D eigenvalue weighted by Crippen LogP contribution is 1.99. The predicted molar refractivity (Wildman–Crippen MR) is 122 cm³/mol. The first kappa shape index (κ1) is 34.7. The maximum absolute atomic E-state index is 10.1. The number of carbonyl (C=O) groups is 1. The molecule has 2 atom stereocenters. The fourth-order valence-electron chi connectivity index (χ4n) is 1.52. The average molecular weight is 427 g/mol. The fraction of sp³-hybridized carbons (Fsp3) is 0.333. The summed E-state index contributed by atoms with van der Waals surface area (Å²) in [6.07, 6.45) is -0.854. The Bertz CT molecular complexity index is 613. The number of nitrogens with two attached hydrogens (primary N) is 2. The van der Waals surface area contributed by atoms with Gasteiger partial charge in [-0.05, 0) is 18.1 Å². The van der Waals surface area contributed by atoms with E-state index < -0.39 is 18.1 Å². The van der Waals surface area contributed by atoms with Crippen molar-refractivity contribution in [2.45, 2.75) is 39.7 Å². The largest absolute Gasteiger partial charge is 0.400 e. The number of hydrogen-bond acceptors (Lipinski definition) is 8. The van der Waals surface area contributed by atoms with Crippen LogP contribution in [0.3, 0.4) is 0 Å². The quantitative estimate of drug-likeness (QED) is 0.299. The Labute approximate surface area is 179 Å². The van der Waals surface area contributed by atoms with E-state index in [1.165, 1.54) is 6.92 Å². The molecule has 2 aromatic rings. The number of benzene rings is 2. The van der Waals surface area contributed by atoms with Gasteiger partial charge in [-0.1, -0.05) is 68.1 Å². The first-order chi connectivity index (χ1) is 13.4. The lowest BCUT2D eigenvalue weighted by Crippen LogP contribution is -2.44. The van der Waals surface area contributed by atoms with Gasteiger partial charge >= 0.3 is 0 Å². The van der Waals surface area contributed by atoms with Gasteiger partial charge in [0.05, 0.1) is 12.7 Å². The molecule has 0 radical (unpaired) electrons. The lowest BCUT2D eigenvalue weighted by molar-refractivity contribution is -0.121. The van der Waals surface area contributed by atoms with Gasteiger partial charge in [-0.25, -0.2) is 0 Å². The standard InChI is InChI=1S/C8H9NO.C7H8O.C4H10N2O2.CH4O.CH4.H3N/c1-9-10-7-8-5-3-2-4-6-8;8-6-7-4-2-1-3-5-7;1-2(7)3(5)4(6)8;1-2;;/h2-6H,1,7H2;1-5,8H,6H2;2-3,7H,5H2,1H3,(H2,6,8);2H,1H3;1H4;1H3/t;;2-,3+;;;/m..1.../s1. The van der Waals surface area contributed by atoms with E-state index in [1.807, 2.05) is 60.7 Å². The van der Waals surface area contributed by atoms with Gasteiger partial charge < -0.3 is 37.8 Å². The number of nitrogens with zero attached hydrogens (tertiary/aromatic N) is 1. The van der Waals surface area contributed by atoms with E-state index in [9.17, 15) is 4.79 Å². The summed E-state index contributed by atoms with van der Waals surface area (Å²) in [4.78, 5) is 14.8. The Morgan fingerprint density at radius 2 is 1.47 bits per heavy atom. The zero-order valence-electron chi connectivity index (χ0n) is 17.0. The van der Waals surface area contributed by atoms with Gasteiger partial charge in [0, 0.05) is 13.8 Å². The third-order valence-electron chi connectivity index (χ3n) is 3.04. The van der Waals surface area contributed by atoms with Crippen molar-refractivity contribution >= 4 is 12.6 Å². The molecule has 0 heterocycles. The lowest BCUT2D eigenvalue weighted by atomic mass is 10.2. The van der Waals surface area contributed by atoms with Crippen LogP contribution < -0.4 is 17.6 Å². The molecule has 172 valence electrons. The van der Waals surface area contributed by atoms with E-state index in [2.05, 4.69) is 11.9 Å². The van der Waals surface area contributed by atoms with Crippen LogP contribution in [0.5, 0.6) is 0 Å². The summed E-state index contributed by atoms with van der Waals surface area (Å²) in [6.45, 7) is 5.26. The maximum atomic E-state index is 10.1. The molecule has 0 aliphatic rings. The third-order valence-corrected chi connectivity index (χ3v) is 3.04. The highest BCUT2D eigenvalue weighted by atomic mass is 16.6. The first-order valence-corrected chi connectivity index (χ1v) is 8.36. The number of oxime groups is 1. The zero-order chi connectivity index (χ0) is 21.8. The number of primary amides is 1. The van der Waals surface area contributed by atoms with Crippen LogP contribution in [0, 0.1) is 0 Å². The number of carbonyl (C=O) groups excluding carboxylic acids is 1. The van der Waals surface area contributed by atoms with Gasteiger partial charge in [-0.15, -0.1) is 5.16 Å². The predicted octanol–water partition coefficient (Wildman–Crippen LogP) is 1.58. The van der Waals surface area contributed by atoms with Crippen molar-refractivity contribution in [3.63, 3.8) is 0 Å². The zero-order valence-corrected chi connectivity index (χ0v) is 17.0. The van der Waals surface area contributed by atoms with Crippen LogP contribution in [0.25, 0.3) is 0 Å². The molecule has 9 heteroatoms. The van der Waals surface area contributed by atoms with Crippen molar-refractivity contribution in [3.05, 3.63) is 71.8 Å². The molecule has 9 nitrogen and oxygen atoms in total. The molecule has 0 unspecified atom stereocenters. The molecular weight excluding hydrogens is 388 g/mol. The molecule has 30 heavy (non-hydrogen) atoms. The Balaban J connectivity index is -0.000000158. The molecule has 0 saturated carbocycles. The Hall–Kier alpha value is -2.82. The lowest BCUT2D eigenvalue weighted by Gasteiger charge is -2.08. The van der Waals surface area contributed by atoms with Crippen LogP contribution in [0.15, 0.2) is 65.8 Å². The minimum absolute atomic E-state index is 0. The van der Waals surface area contributed by atoms with Gasteiger partial charge in [0.15, 0.2) is 0 Å². The van der Waals surface area contributed by atoms with Crippen LogP contribution in [0.2, 0.25) is 0 Å². The number of hydrogen-bond donors (Lipinski definition) is 6. The van der Waals surface area contributed by atoms with Crippen molar-refractivity contribution in [1.82, 2.24) is 6.15 Å². The van der Waals surface area contributed by atoms with Crippen LogP contribution in [-0.2, 0) is 22.8 Å². The van der Waals surface area contributed by atoms with Gasteiger partial charge in [-0.2, -0.15) is 0 Å². The molecule has 0 aliphatic carbocycles. The molecule has 0 saturated heterocycles. The van der Waals surface area contributed by atoms with Crippen molar-refractivity contribution < 1.29 is 25.0 Å². The molecule has 1 amide bonds. The van der Waals surface area contributed by atoms with Gasteiger partial charge in [0.2, 0.25) is 5.91 Å². The molecule has 0 aromatic heterocycles. The number of rotatable bonds is 6. The monoisotopic (exact) mass is 426 g/mol. The molecule has 0 fully saturated rings. The van der Waals surface area contributed by atoms with Crippen molar-refractivity contribution in [3.8, 4) is 0 Å². The first-order valence-electron chi connectivity index (χ1n) is 8.36. The topological polar surface area (TPSA) is 186 Å². The van der Waals surface area contributed by atoms with Crippen LogP contribution in [0.1, 0.15) is 25.5 Å². The number of aliphatic hydroxyl groups excluding tert-OH is 3. The highest BCUT2D eigenvalue weighted by molar-refractivity contribution is 5.80. The average Bonchev–Trinajstić information content (AvgIpc) is 2.75. The van der Waals surface area contributed by atoms with Gasteiger partial charge in [0.25, 0.3) is 0 Å². The van der Waals surface area contributed by atoms with Crippen molar-refractivity contribution in [1.29, 1.82) is 0 Å². The minimum Gasteiger partial charge on any atom is -0.400 e. The second-order valence-electron chi connectivity index (χ2n) is 5.20. The summed E-state index contributed by atoms with van der Waals surface area (Å²) in [5.74, 6) is -0.681. The van der Waals surface area contributed by atoms with E-state index in [4.69, 9.17) is 31.6 Å². The van der Waals surface area contributed by atoms with E-state index in [-0.39, 0.29) is 20.2 Å². The summed E-state index contributed by atoms with van der Waals surface area (Å²) >= 11 is 0. The van der Waals surface area contributed by atoms with Crippen LogP contribution in [0.4, 0.5) is 0 Å². The smallest absolute Gasteiger partial charge is 0.237 e. The Morgan fingerprint density at radius 3 is 1.70 bits per heavy atom. The van der Waals surface area contributed by atoms with Crippen molar-refractivity contribution in [2.75, 3.05) is 7.11 Å². The third kappa shape index (κ3) is 19.9. The fourth-order valence-corrected chi connectivity index (χ4v) is 1.52. The van der Waals surface area contributed by atoms with E-state index in [0.29, 0.717) is 6.61 Å². The molecular formula is C21H38N4O5. The number of aliphatic hydroxyl groups is 3. The summed E-state index contributed by atoms with van der Waals surface area (Å²) < 4.78 is 0. The van der Waals surface area contributed by atoms with E-state index in [0.717, 1.165) is 18.2 Å². The Kier molecular flexibility index (Phi) is 28.0. The Morgan fingerprint density at radius 1 is 1.07 bits per heavy atom. The SMILES string of the molecule is C.C=NOCc1ccccc1.CO.C[C@@H](O)[C@H](N)C(N)=O.N.OCc1ccccc1. The summed E-state index contributed by atoms with van der Waals surface area (Å²) in [5.41, 5.74) is 11.8. The normalized spacial score (nSPS) is 10.2. The summed E-state index contributed by atoms with van der Waals surface area (Å²) in [6, 6.07) is 18.4. The summed E-state index contributed by atoms with van der Waals surface area (Å²) in [5, 5.41) is 27.4. The second-order valence-corrected chi connectivity index (χ2v) is 5.20. The van der Waals surface area contributed by atoms with Crippen LogP contribution in [-0.4, -0.2) is 47.2 Å². The second kappa shape index (κ2) is 24.2. The minimum atomic E-state index is -0.935. The van der Waals surface area contributed by atoms with E-state index >= 15 is 0 Å². The van der Waals surface area contributed by atoms with Crippen LogP contribution >= 0.6 is 0 Å². The molecule has 2 aromatic carbocycles. The van der Waals surface area contributed by atoms with Gasteiger partial charge in [0.1, 0.15) is 12.6 Å². The van der Waals surface area contributed by atoms with Crippen molar-refractivity contribution in [2.24, 2.45) is 16.6 Å². The molecule has 0 bridgehead atoms. The van der Waals surface area contributed by atoms with E-state index in [1.54, 1.807) is 0 Å². The summed E-state index contributed by atoms with van der Waals surface area (Å²) in [7, 11) is 1.00. The number of amides is 1. The maximum Gasteiger partial charge on any atom is 0.237 e. The highest BCUT2D eigenvalue weighted by Gasteiger charge is 2.13. The molecule has 2 rings (SSSR count). The van der Waals surface area contributed by atoms with Gasteiger partial charge in [-0.3, -0.25) is 4.79 Å². The molecule has 10 N–H and O–H groups in total. The molecule has 0 spiro atoms.